The molecular formula is C7H4Cl6FN3. The Morgan fingerprint density at radius 1 is 0.824 bits per heavy atom. The quantitative estimate of drug-likeness (QED) is 0.746. The zero-order valence-corrected chi connectivity index (χ0v) is 12.4. The van der Waals surface area contributed by atoms with E-state index >= 15 is 0 Å². The van der Waals surface area contributed by atoms with Crippen molar-refractivity contribution in [1.82, 2.24) is 15.0 Å². The average molecular weight is 362 g/mol. The van der Waals surface area contributed by atoms with E-state index in [1.807, 2.05) is 0 Å². The van der Waals surface area contributed by atoms with E-state index in [-0.39, 0.29) is 23.9 Å². The summed E-state index contributed by atoms with van der Waals surface area (Å²) < 4.78 is 8.43. The van der Waals surface area contributed by atoms with Crippen LogP contribution >= 0.6 is 69.6 Å². The van der Waals surface area contributed by atoms with Gasteiger partial charge in [-0.3, -0.25) is 4.39 Å². The van der Waals surface area contributed by atoms with Gasteiger partial charge in [0, 0.05) is 6.42 Å². The Balaban J connectivity index is 3.29. The van der Waals surface area contributed by atoms with Crippen LogP contribution in [0, 0.1) is 0 Å². The van der Waals surface area contributed by atoms with Crippen molar-refractivity contribution in [2.45, 2.75) is 14.0 Å². The molecule has 0 fully saturated rings. The highest BCUT2D eigenvalue weighted by molar-refractivity contribution is 6.67. The van der Waals surface area contributed by atoms with Crippen LogP contribution in [0.1, 0.15) is 17.5 Å². The number of halogens is 7. The molecule has 10 heteroatoms. The SMILES string of the molecule is FCCc1nc(C(Cl)(Cl)Cl)nc(C(Cl)(Cl)Cl)n1. The topological polar surface area (TPSA) is 38.7 Å². The molecule has 0 aliphatic rings. The third kappa shape index (κ3) is 4.69. The molecule has 0 unspecified atom stereocenters. The highest BCUT2D eigenvalue weighted by Crippen LogP contribution is 2.39. The third-order valence-corrected chi connectivity index (χ3v) is 2.52. The van der Waals surface area contributed by atoms with Crippen LogP contribution in [-0.4, -0.2) is 21.6 Å². The molecule has 0 aromatic carbocycles. The van der Waals surface area contributed by atoms with Crippen molar-refractivity contribution in [3.63, 3.8) is 0 Å². The van der Waals surface area contributed by atoms with Crippen LogP contribution in [0.2, 0.25) is 0 Å². The van der Waals surface area contributed by atoms with Gasteiger partial charge in [0.2, 0.25) is 7.59 Å². The van der Waals surface area contributed by atoms with E-state index in [0.29, 0.717) is 0 Å². The van der Waals surface area contributed by atoms with Crippen LogP contribution < -0.4 is 0 Å². The van der Waals surface area contributed by atoms with Gasteiger partial charge in [0.15, 0.2) is 11.6 Å². The first-order chi connectivity index (χ1) is 7.64. The lowest BCUT2D eigenvalue weighted by Gasteiger charge is -2.15. The van der Waals surface area contributed by atoms with Gasteiger partial charge in [-0.15, -0.1) is 0 Å². The number of rotatable bonds is 2. The highest BCUT2D eigenvalue weighted by atomic mass is 35.6. The van der Waals surface area contributed by atoms with Crippen LogP contribution in [0.15, 0.2) is 0 Å². The van der Waals surface area contributed by atoms with Gasteiger partial charge in [-0.2, -0.15) is 0 Å². The van der Waals surface area contributed by atoms with Crippen molar-refractivity contribution in [3.05, 3.63) is 17.5 Å². The Kier molecular flexibility index (Phi) is 5.33. The van der Waals surface area contributed by atoms with Crippen LogP contribution in [0.25, 0.3) is 0 Å². The molecule has 0 saturated heterocycles. The molecule has 0 radical (unpaired) electrons. The monoisotopic (exact) mass is 359 g/mol. The fourth-order valence-corrected chi connectivity index (χ4v) is 1.38. The molecule has 0 aliphatic carbocycles. The van der Waals surface area contributed by atoms with Gasteiger partial charge in [-0.05, 0) is 0 Å². The molecule has 0 N–H and O–H groups in total. The molecule has 0 aliphatic heterocycles. The number of aromatic nitrogens is 3. The molecule has 0 atom stereocenters. The van der Waals surface area contributed by atoms with Crippen molar-refractivity contribution < 1.29 is 4.39 Å². The van der Waals surface area contributed by atoms with E-state index in [1.165, 1.54) is 0 Å². The lowest BCUT2D eigenvalue weighted by Crippen LogP contribution is -2.18. The summed E-state index contributed by atoms with van der Waals surface area (Å²) in [4.78, 5) is 11.3. The second-order valence-corrected chi connectivity index (χ2v) is 7.40. The van der Waals surface area contributed by atoms with Gasteiger partial charge in [-0.25, -0.2) is 15.0 Å². The Bertz CT molecular complexity index is 369. The van der Waals surface area contributed by atoms with Crippen molar-refractivity contribution in [3.8, 4) is 0 Å². The maximum atomic E-state index is 12.2. The summed E-state index contributed by atoms with van der Waals surface area (Å²) in [6.45, 7) is -0.692. The second kappa shape index (κ2) is 5.76. The first kappa shape index (κ1) is 15.7. The molecule has 1 aromatic heterocycles. The molecule has 1 rings (SSSR count). The van der Waals surface area contributed by atoms with Gasteiger partial charge >= 0.3 is 0 Å². The molecule has 1 heterocycles. The number of nitrogens with zero attached hydrogens (tertiary/aromatic N) is 3. The first-order valence-corrected chi connectivity index (χ1v) is 6.36. The van der Waals surface area contributed by atoms with Gasteiger partial charge in [-0.1, -0.05) is 69.6 Å². The minimum absolute atomic E-state index is 0.0464. The molecular weight excluding hydrogens is 358 g/mol. The van der Waals surface area contributed by atoms with E-state index in [2.05, 4.69) is 15.0 Å². The van der Waals surface area contributed by atoms with Crippen molar-refractivity contribution >= 4 is 69.6 Å². The normalized spacial score (nSPS) is 12.9. The first-order valence-electron chi connectivity index (χ1n) is 4.10. The van der Waals surface area contributed by atoms with Crippen LogP contribution in [0.4, 0.5) is 4.39 Å². The summed E-state index contributed by atoms with van der Waals surface area (Å²) in [5.74, 6) is -0.394. The number of aryl methyl sites for hydroxylation is 1. The predicted molar refractivity (Wildman–Crippen MR) is 68.0 cm³/mol. The summed E-state index contributed by atoms with van der Waals surface area (Å²) in [6.07, 6.45) is -0.0932. The Labute approximate surface area is 127 Å². The second-order valence-electron chi connectivity index (χ2n) is 2.83. The number of hydrogen-bond donors (Lipinski definition) is 0. The van der Waals surface area contributed by atoms with E-state index in [0.717, 1.165) is 0 Å². The summed E-state index contributed by atoms with van der Waals surface area (Å²) in [6, 6.07) is 0. The van der Waals surface area contributed by atoms with Crippen LogP contribution in [0.5, 0.6) is 0 Å². The minimum atomic E-state index is -1.90. The molecule has 0 saturated carbocycles. The zero-order chi connectivity index (χ0) is 13.3. The lowest BCUT2D eigenvalue weighted by atomic mass is 10.4. The summed E-state index contributed by atoms with van der Waals surface area (Å²) >= 11 is 33.6. The molecule has 0 amide bonds. The fraction of sp³-hybridized carbons (Fsp3) is 0.571. The van der Waals surface area contributed by atoms with Gasteiger partial charge in [0.05, 0.1) is 6.67 Å². The maximum Gasteiger partial charge on any atom is 0.250 e. The van der Waals surface area contributed by atoms with E-state index < -0.39 is 14.3 Å². The molecule has 3 nitrogen and oxygen atoms in total. The van der Waals surface area contributed by atoms with E-state index in [9.17, 15) is 4.39 Å². The predicted octanol–water partition coefficient (Wildman–Crippen LogP) is 4.04. The number of hydrogen-bond acceptors (Lipinski definition) is 3. The fourth-order valence-electron chi connectivity index (χ4n) is 0.870. The largest absolute Gasteiger partial charge is 0.251 e. The maximum absolute atomic E-state index is 12.2. The van der Waals surface area contributed by atoms with E-state index in [4.69, 9.17) is 69.6 Å². The van der Waals surface area contributed by atoms with Crippen molar-refractivity contribution in [1.29, 1.82) is 0 Å². The summed E-state index contributed by atoms with van der Waals surface area (Å²) in [7, 11) is 0. The highest BCUT2D eigenvalue weighted by Gasteiger charge is 2.33. The van der Waals surface area contributed by atoms with E-state index in [1.54, 1.807) is 0 Å². The Hall–Kier alpha value is 0.680. The average Bonchev–Trinajstić information content (AvgIpc) is 2.15. The van der Waals surface area contributed by atoms with Crippen LogP contribution in [0.3, 0.4) is 0 Å². The van der Waals surface area contributed by atoms with Gasteiger partial charge in [0.1, 0.15) is 5.82 Å². The number of alkyl halides is 7. The van der Waals surface area contributed by atoms with Crippen LogP contribution in [-0.2, 0) is 14.0 Å². The van der Waals surface area contributed by atoms with Gasteiger partial charge < -0.3 is 0 Å². The van der Waals surface area contributed by atoms with Gasteiger partial charge in [0.25, 0.3) is 0 Å². The smallest absolute Gasteiger partial charge is 0.250 e. The minimum Gasteiger partial charge on any atom is -0.251 e. The zero-order valence-electron chi connectivity index (χ0n) is 7.90. The van der Waals surface area contributed by atoms with Crippen molar-refractivity contribution in [2.24, 2.45) is 0 Å². The molecule has 0 spiro atoms. The summed E-state index contributed by atoms with van der Waals surface area (Å²) in [5, 5.41) is 0. The third-order valence-electron chi connectivity index (χ3n) is 1.51. The summed E-state index contributed by atoms with van der Waals surface area (Å²) in [5.41, 5.74) is 0. The molecule has 17 heavy (non-hydrogen) atoms. The molecule has 0 bridgehead atoms. The standard InChI is InChI=1S/C7H4Cl6FN3/c8-6(9,10)4-15-3(1-2-14)16-5(17-4)7(11,12)13/h1-2H2. The Morgan fingerprint density at radius 2 is 1.24 bits per heavy atom. The Morgan fingerprint density at radius 3 is 1.53 bits per heavy atom. The molecule has 1 aromatic rings. The van der Waals surface area contributed by atoms with Crippen molar-refractivity contribution in [2.75, 3.05) is 6.67 Å². The molecule has 96 valence electrons. The lowest BCUT2D eigenvalue weighted by molar-refractivity contribution is 0.485.